The van der Waals surface area contributed by atoms with Gasteiger partial charge in [-0.2, -0.15) is 0 Å². The summed E-state index contributed by atoms with van der Waals surface area (Å²) in [6.07, 6.45) is 0. The van der Waals surface area contributed by atoms with Crippen LogP contribution in [0.15, 0.2) is 36.4 Å². The summed E-state index contributed by atoms with van der Waals surface area (Å²) < 4.78 is 5.01. The molecule has 0 atom stereocenters. The van der Waals surface area contributed by atoms with Gasteiger partial charge in [-0.3, -0.25) is 25.0 Å². The average Bonchev–Trinajstić information content (AvgIpc) is 2.58. The van der Waals surface area contributed by atoms with E-state index in [9.17, 15) is 29.8 Å². The highest BCUT2D eigenvalue weighted by molar-refractivity contribution is 5.95. The number of carbonyl (C=O) groups excluding carboxylic acids is 2. The van der Waals surface area contributed by atoms with Gasteiger partial charge in [0, 0.05) is 17.7 Å². The first kappa shape index (κ1) is 18.5. The highest BCUT2D eigenvalue weighted by atomic mass is 16.6. The van der Waals surface area contributed by atoms with Gasteiger partial charge >= 0.3 is 5.97 Å². The summed E-state index contributed by atoms with van der Waals surface area (Å²) in [7, 11) is 0. The zero-order chi connectivity index (χ0) is 19.4. The van der Waals surface area contributed by atoms with Gasteiger partial charge in [0.2, 0.25) is 5.91 Å². The highest BCUT2D eigenvalue weighted by Crippen LogP contribution is 2.25. The Morgan fingerprint density at radius 1 is 1.08 bits per heavy atom. The number of esters is 1. The number of benzene rings is 2. The lowest BCUT2D eigenvalue weighted by Gasteiger charge is -2.08. The van der Waals surface area contributed by atoms with Crippen molar-refractivity contribution in [3.8, 4) is 0 Å². The van der Waals surface area contributed by atoms with Crippen LogP contribution in [0, 0.1) is 27.2 Å². The van der Waals surface area contributed by atoms with Crippen LogP contribution >= 0.6 is 0 Å². The maximum Gasteiger partial charge on any atom is 0.345 e. The molecule has 0 radical (unpaired) electrons. The second-order valence-corrected chi connectivity index (χ2v) is 5.27. The minimum Gasteiger partial charge on any atom is -0.457 e. The molecule has 10 nitrogen and oxygen atoms in total. The maximum atomic E-state index is 12.2. The number of nitrogens with two attached hydrogens (primary N) is 1. The van der Waals surface area contributed by atoms with Crippen molar-refractivity contribution in [2.24, 2.45) is 5.73 Å². The molecular formula is C16H13N3O7. The van der Waals surface area contributed by atoms with Gasteiger partial charge in [0.05, 0.1) is 15.4 Å². The Balaban J connectivity index is 2.30. The minimum absolute atomic E-state index is 0.0181. The molecule has 26 heavy (non-hydrogen) atoms. The number of nitro groups is 2. The molecule has 0 aliphatic carbocycles. The Labute approximate surface area is 146 Å². The molecule has 10 heteroatoms. The number of nitro benzene ring substituents is 2. The zero-order valence-corrected chi connectivity index (χ0v) is 13.5. The smallest absolute Gasteiger partial charge is 0.345 e. The van der Waals surface area contributed by atoms with E-state index in [0.717, 1.165) is 12.1 Å². The molecule has 0 fully saturated rings. The van der Waals surface area contributed by atoms with E-state index in [1.165, 1.54) is 31.2 Å². The van der Waals surface area contributed by atoms with Crippen molar-refractivity contribution in [3.05, 3.63) is 78.9 Å². The highest BCUT2D eigenvalue weighted by Gasteiger charge is 2.25. The SMILES string of the molecule is Cc1cccc([N+](=O)[O-])c1C(=O)OCc1ccc(C(N)=O)cc1[N+](=O)[O-]. The van der Waals surface area contributed by atoms with E-state index >= 15 is 0 Å². The monoisotopic (exact) mass is 359 g/mol. The van der Waals surface area contributed by atoms with Crippen LogP contribution in [0.5, 0.6) is 0 Å². The third-order valence-electron chi connectivity index (χ3n) is 3.58. The molecule has 0 unspecified atom stereocenters. The van der Waals surface area contributed by atoms with Crippen LogP contribution in [-0.4, -0.2) is 21.7 Å². The van der Waals surface area contributed by atoms with Gasteiger partial charge < -0.3 is 10.5 Å². The fourth-order valence-electron chi connectivity index (χ4n) is 2.29. The molecule has 1 amide bonds. The summed E-state index contributed by atoms with van der Waals surface area (Å²) in [5.41, 5.74) is 4.27. The van der Waals surface area contributed by atoms with Crippen molar-refractivity contribution in [1.82, 2.24) is 0 Å². The number of ether oxygens (including phenoxy) is 1. The molecule has 0 saturated carbocycles. The average molecular weight is 359 g/mol. The van der Waals surface area contributed by atoms with Crippen molar-refractivity contribution >= 4 is 23.3 Å². The molecule has 2 N–H and O–H groups in total. The first-order valence-corrected chi connectivity index (χ1v) is 7.20. The van der Waals surface area contributed by atoms with E-state index in [4.69, 9.17) is 10.5 Å². The topological polar surface area (TPSA) is 156 Å². The van der Waals surface area contributed by atoms with Crippen LogP contribution in [0.1, 0.15) is 31.8 Å². The van der Waals surface area contributed by atoms with E-state index in [0.29, 0.717) is 5.56 Å². The van der Waals surface area contributed by atoms with Crippen LogP contribution in [0.25, 0.3) is 0 Å². The number of rotatable bonds is 6. The van der Waals surface area contributed by atoms with Crippen LogP contribution in [0.3, 0.4) is 0 Å². The molecule has 0 aliphatic heterocycles. The number of carbonyl (C=O) groups is 2. The number of hydrogen-bond acceptors (Lipinski definition) is 7. The molecule has 134 valence electrons. The summed E-state index contributed by atoms with van der Waals surface area (Å²) >= 11 is 0. The Kier molecular flexibility index (Phi) is 5.26. The van der Waals surface area contributed by atoms with Gasteiger partial charge in [0.15, 0.2) is 0 Å². The van der Waals surface area contributed by atoms with Gasteiger partial charge in [0.25, 0.3) is 11.4 Å². The number of primary amides is 1. The summed E-state index contributed by atoms with van der Waals surface area (Å²) in [6.45, 7) is 1.01. The number of hydrogen-bond donors (Lipinski definition) is 1. The summed E-state index contributed by atoms with van der Waals surface area (Å²) in [4.78, 5) is 44.1. The number of amides is 1. The first-order chi connectivity index (χ1) is 12.2. The van der Waals surface area contributed by atoms with Crippen LogP contribution in [0.2, 0.25) is 0 Å². The first-order valence-electron chi connectivity index (χ1n) is 7.20. The molecule has 0 aliphatic rings. The van der Waals surface area contributed by atoms with Gasteiger partial charge in [-0.1, -0.05) is 12.1 Å². The molecule has 0 heterocycles. The summed E-state index contributed by atoms with van der Waals surface area (Å²) in [5, 5.41) is 22.2. The second-order valence-electron chi connectivity index (χ2n) is 5.27. The van der Waals surface area contributed by atoms with E-state index in [-0.39, 0.29) is 16.7 Å². The molecule has 0 aromatic heterocycles. The quantitative estimate of drug-likeness (QED) is 0.471. The molecular weight excluding hydrogens is 346 g/mol. The largest absolute Gasteiger partial charge is 0.457 e. The number of nitrogens with zero attached hydrogens (tertiary/aromatic N) is 2. The maximum absolute atomic E-state index is 12.2. The van der Waals surface area contributed by atoms with Crippen molar-refractivity contribution in [2.45, 2.75) is 13.5 Å². The fourth-order valence-corrected chi connectivity index (χ4v) is 2.29. The molecule has 2 rings (SSSR count). The van der Waals surface area contributed by atoms with Crippen molar-refractivity contribution < 1.29 is 24.2 Å². The Morgan fingerprint density at radius 2 is 1.73 bits per heavy atom. The molecule has 0 bridgehead atoms. The van der Waals surface area contributed by atoms with E-state index in [1.54, 1.807) is 0 Å². The van der Waals surface area contributed by atoms with Crippen molar-refractivity contribution in [2.75, 3.05) is 0 Å². The lowest BCUT2D eigenvalue weighted by atomic mass is 10.1. The third kappa shape index (κ3) is 3.80. The molecule has 2 aromatic carbocycles. The third-order valence-corrected chi connectivity index (χ3v) is 3.58. The Bertz CT molecular complexity index is 924. The van der Waals surface area contributed by atoms with E-state index in [1.807, 2.05) is 0 Å². The predicted octanol–water partition coefficient (Wildman–Crippen LogP) is 2.27. The lowest BCUT2D eigenvalue weighted by Crippen LogP contribution is -2.13. The number of aryl methyl sites for hydroxylation is 1. The van der Waals surface area contributed by atoms with E-state index in [2.05, 4.69) is 0 Å². The second kappa shape index (κ2) is 7.38. The minimum atomic E-state index is -0.983. The van der Waals surface area contributed by atoms with Gasteiger partial charge in [0.1, 0.15) is 12.2 Å². The van der Waals surface area contributed by atoms with Crippen molar-refractivity contribution in [1.29, 1.82) is 0 Å². The van der Waals surface area contributed by atoms with Crippen molar-refractivity contribution in [3.63, 3.8) is 0 Å². The standard InChI is InChI=1S/C16H13N3O7/c1-9-3-2-4-12(18(22)23)14(9)16(21)26-8-11-6-5-10(15(17)20)7-13(11)19(24)25/h2-7H,8H2,1H3,(H2,17,20). The lowest BCUT2D eigenvalue weighted by molar-refractivity contribution is -0.385. The van der Waals surface area contributed by atoms with E-state index < -0.39 is 39.7 Å². The van der Waals surface area contributed by atoms with Gasteiger partial charge in [-0.15, -0.1) is 0 Å². The Morgan fingerprint density at radius 3 is 2.31 bits per heavy atom. The fraction of sp³-hybridized carbons (Fsp3) is 0.125. The predicted molar refractivity (Wildman–Crippen MR) is 88.6 cm³/mol. The summed E-state index contributed by atoms with van der Waals surface area (Å²) in [5.74, 6) is -1.82. The normalized spacial score (nSPS) is 10.2. The van der Waals surface area contributed by atoms with Crippen LogP contribution < -0.4 is 5.73 Å². The zero-order valence-electron chi connectivity index (χ0n) is 13.5. The summed E-state index contributed by atoms with van der Waals surface area (Å²) in [6, 6.07) is 7.56. The van der Waals surface area contributed by atoms with Gasteiger partial charge in [-0.25, -0.2) is 4.79 Å². The van der Waals surface area contributed by atoms with Gasteiger partial charge in [-0.05, 0) is 24.6 Å². The molecule has 0 saturated heterocycles. The van der Waals surface area contributed by atoms with Crippen LogP contribution in [0.4, 0.5) is 11.4 Å². The molecule has 0 spiro atoms. The van der Waals surface area contributed by atoms with Crippen LogP contribution in [-0.2, 0) is 11.3 Å². The molecule has 2 aromatic rings. The Hall–Kier alpha value is -3.82.